The van der Waals surface area contributed by atoms with Gasteiger partial charge in [0.25, 0.3) is 10.0 Å². The molecular weight excluding hydrogens is 286 g/mol. The van der Waals surface area contributed by atoms with Crippen LogP contribution in [0.15, 0.2) is 47.5 Å². The van der Waals surface area contributed by atoms with E-state index in [1.807, 2.05) is 12.1 Å². The quantitative estimate of drug-likeness (QED) is 0.941. The van der Waals surface area contributed by atoms with Crippen LogP contribution < -0.4 is 4.72 Å². The molecule has 21 heavy (non-hydrogen) atoms. The fourth-order valence-electron chi connectivity index (χ4n) is 1.84. The second-order valence-corrected chi connectivity index (χ2v) is 6.49. The van der Waals surface area contributed by atoms with E-state index in [1.54, 1.807) is 18.2 Å². The summed E-state index contributed by atoms with van der Waals surface area (Å²) in [5.74, 6) is 0.374. The number of nitrogens with zero attached hydrogens (tertiary/aromatic N) is 2. The monoisotopic (exact) mass is 301 g/mol. The van der Waals surface area contributed by atoms with Crippen LogP contribution in [0.1, 0.15) is 31.0 Å². The van der Waals surface area contributed by atoms with E-state index in [9.17, 15) is 8.42 Å². The topological polar surface area (TPSA) is 82.8 Å². The van der Waals surface area contributed by atoms with Crippen molar-refractivity contribution in [1.29, 1.82) is 5.26 Å². The molecule has 0 bridgehead atoms. The van der Waals surface area contributed by atoms with Gasteiger partial charge in [0, 0.05) is 11.9 Å². The Morgan fingerprint density at radius 2 is 1.86 bits per heavy atom. The molecule has 5 nitrogen and oxygen atoms in total. The van der Waals surface area contributed by atoms with E-state index in [4.69, 9.17) is 5.26 Å². The van der Waals surface area contributed by atoms with Gasteiger partial charge in [-0.25, -0.2) is 13.4 Å². The Morgan fingerprint density at radius 3 is 2.43 bits per heavy atom. The largest absolute Gasteiger partial charge is 0.280 e. The summed E-state index contributed by atoms with van der Waals surface area (Å²) in [5, 5.41) is 8.94. The molecule has 0 saturated carbocycles. The first-order valence-electron chi connectivity index (χ1n) is 6.42. The smallest absolute Gasteiger partial charge is 0.264 e. The van der Waals surface area contributed by atoms with Gasteiger partial charge in [-0.05, 0) is 35.7 Å². The first-order chi connectivity index (χ1) is 9.94. The number of benzene rings is 1. The maximum absolute atomic E-state index is 12.3. The van der Waals surface area contributed by atoms with Crippen molar-refractivity contribution in [2.45, 2.75) is 24.7 Å². The van der Waals surface area contributed by atoms with Crippen LogP contribution in [0.5, 0.6) is 0 Å². The highest BCUT2D eigenvalue weighted by molar-refractivity contribution is 7.92. The van der Waals surface area contributed by atoms with Gasteiger partial charge in [0.05, 0.1) is 0 Å². The molecule has 0 fully saturated rings. The maximum Gasteiger partial charge on any atom is 0.264 e. The Morgan fingerprint density at radius 1 is 1.19 bits per heavy atom. The minimum Gasteiger partial charge on any atom is -0.280 e. The summed E-state index contributed by atoms with van der Waals surface area (Å²) in [4.78, 5) is 3.64. The second-order valence-electron chi connectivity index (χ2n) is 4.84. The Labute approximate surface area is 124 Å². The summed E-state index contributed by atoms with van der Waals surface area (Å²) in [7, 11) is -3.82. The summed E-state index contributed by atoms with van der Waals surface area (Å²) >= 11 is 0. The molecule has 1 N–H and O–H groups in total. The molecule has 2 rings (SSSR count). The molecule has 0 spiro atoms. The normalized spacial score (nSPS) is 11.1. The number of rotatable bonds is 4. The molecule has 0 amide bonds. The highest BCUT2D eigenvalue weighted by Gasteiger charge is 2.19. The number of hydrogen-bond acceptors (Lipinski definition) is 4. The van der Waals surface area contributed by atoms with Gasteiger partial charge in [-0.3, -0.25) is 4.72 Å². The third-order valence-corrected chi connectivity index (χ3v) is 4.41. The number of hydrogen-bond donors (Lipinski definition) is 1. The SMILES string of the molecule is CC(C)c1ccc(NS(=O)(=O)c2cccnc2C#N)cc1. The molecule has 0 aliphatic carbocycles. The first-order valence-corrected chi connectivity index (χ1v) is 7.90. The van der Waals surface area contributed by atoms with Crippen LogP contribution >= 0.6 is 0 Å². The molecule has 0 atom stereocenters. The Balaban J connectivity index is 2.31. The lowest BCUT2D eigenvalue weighted by Crippen LogP contribution is -2.15. The lowest BCUT2D eigenvalue weighted by molar-refractivity contribution is 0.600. The average molecular weight is 301 g/mol. The van der Waals surface area contributed by atoms with E-state index < -0.39 is 10.0 Å². The van der Waals surface area contributed by atoms with E-state index in [1.165, 1.54) is 18.3 Å². The summed E-state index contributed by atoms with van der Waals surface area (Å²) in [6.07, 6.45) is 1.38. The molecule has 1 aromatic carbocycles. The van der Waals surface area contributed by atoms with Crippen LogP contribution in [-0.4, -0.2) is 13.4 Å². The minimum absolute atomic E-state index is 0.121. The number of anilines is 1. The van der Waals surface area contributed by atoms with Crippen LogP contribution in [0.25, 0.3) is 0 Å². The molecule has 6 heteroatoms. The number of nitriles is 1. The summed E-state index contributed by atoms with van der Waals surface area (Å²) in [5.41, 5.74) is 1.45. The Bertz CT molecular complexity index is 775. The maximum atomic E-state index is 12.3. The Hall–Kier alpha value is -2.39. The number of pyridine rings is 1. The van der Waals surface area contributed by atoms with E-state index in [0.717, 1.165) is 5.56 Å². The molecule has 108 valence electrons. The van der Waals surface area contributed by atoms with Crippen molar-refractivity contribution in [2.75, 3.05) is 4.72 Å². The van der Waals surface area contributed by atoms with Gasteiger partial charge >= 0.3 is 0 Å². The molecule has 0 unspecified atom stereocenters. The van der Waals surface area contributed by atoms with Crippen LogP contribution in [-0.2, 0) is 10.0 Å². The summed E-state index contributed by atoms with van der Waals surface area (Å²) in [6, 6.07) is 11.8. The molecule has 1 aromatic heterocycles. The average Bonchev–Trinajstić information content (AvgIpc) is 2.47. The third-order valence-electron chi connectivity index (χ3n) is 3.00. The predicted molar refractivity (Wildman–Crippen MR) is 80.3 cm³/mol. The van der Waals surface area contributed by atoms with Gasteiger partial charge in [-0.2, -0.15) is 5.26 Å². The van der Waals surface area contributed by atoms with Crippen molar-refractivity contribution in [3.05, 3.63) is 53.9 Å². The standard InChI is InChI=1S/C15H15N3O2S/c1-11(2)12-5-7-13(8-6-12)18-21(19,20)15-4-3-9-17-14(15)10-16/h3-9,11,18H,1-2H3. The van der Waals surface area contributed by atoms with Gasteiger partial charge in [-0.15, -0.1) is 0 Å². The Kier molecular flexibility index (Phi) is 4.24. The van der Waals surface area contributed by atoms with Gasteiger partial charge in [0.15, 0.2) is 5.69 Å². The van der Waals surface area contributed by atoms with Crippen molar-refractivity contribution in [3.8, 4) is 6.07 Å². The van der Waals surface area contributed by atoms with E-state index >= 15 is 0 Å². The van der Waals surface area contributed by atoms with Crippen molar-refractivity contribution in [3.63, 3.8) is 0 Å². The first kappa shape index (κ1) is 15.0. The van der Waals surface area contributed by atoms with Gasteiger partial charge in [-0.1, -0.05) is 26.0 Å². The molecule has 0 saturated heterocycles. The molecule has 2 aromatic rings. The lowest BCUT2D eigenvalue weighted by Gasteiger charge is -2.10. The van der Waals surface area contributed by atoms with E-state index in [-0.39, 0.29) is 10.6 Å². The zero-order valence-electron chi connectivity index (χ0n) is 11.7. The fourth-order valence-corrected chi connectivity index (χ4v) is 3.00. The van der Waals surface area contributed by atoms with Crippen molar-refractivity contribution < 1.29 is 8.42 Å². The van der Waals surface area contributed by atoms with Gasteiger partial charge in [0.2, 0.25) is 0 Å². The predicted octanol–water partition coefficient (Wildman–Crippen LogP) is 2.88. The fraction of sp³-hybridized carbons (Fsp3) is 0.200. The van der Waals surface area contributed by atoms with Crippen molar-refractivity contribution >= 4 is 15.7 Å². The van der Waals surface area contributed by atoms with Crippen molar-refractivity contribution in [2.24, 2.45) is 0 Å². The minimum atomic E-state index is -3.82. The summed E-state index contributed by atoms with van der Waals surface area (Å²) in [6.45, 7) is 4.13. The van der Waals surface area contributed by atoms with Crippen molar-refractivity contribution in [1.82, 2.24) is 4.98 Å². The highest BCUT2D eigenvalue weighted by atomic mass is 32.2. The zero-order valence-corrected chi connectivity index (χ0v) is 12.6. The zero-order chi connectivity index (χ0) is 15.5. The summed E-state index contributed by atoms with van der Waals surface area (Å²) < 4.78 is 27.1. The van der Waals surface area contributed by atoms with Crippen LogP contribution in [0.3, 0.4) is 0 Å². The number of nitrogens with one attached hydrogen (secondary N) is 1. The molecular formula is C15H15N3O2S. The van der Waals surface area contributed by atoms with Crippen LogP contribution in [0.2, 0.25) is 0 Å². The molecule has 0 radical (unpaired) electrons. The van der Waals surface area contributed by atoms with Gasteiger partial charge in [0.1, 0.15) is 11.0 Å². The van der Waals surface area contributed by atoms with Crippen LogP contribution in [0.4, 0.5) is 5.69 Å². The molecule has 0 aliphatic rings. The van der Waals surface area contributed by atoms with E-state index in [2.05, 4.69) is 23.6 Å². The highest BCUT2D eigenvalue weighted by Crippen LogP contribution is 2.20. The number of aromatic nitrogens is 1. The second kappa shape index (κ2) is 5.94. The van der Waals surface area contributed by atoms with E-state index in [0.29, 0.717) is 11.6 Å². The molecule has 0 aliphatic heterocycles. The molecule has 1 heterocycles. The van der Waals surface area contributed by atoms with Crippen LogP contribution in [0, 0.1) is 11.3 Å². The number of sulfonamides is 1. The lowest BCUT2D eigenvalue weighted by atomic mass is 10.0. The third kappa shape index (κ3) is 3.38. The van der Waals surface area contributed by atoms with Gasteiger partial charge < -0.3 is 0 Å².